The average molecular weight is 249 g/mol. The number of ether oxygens (including phenoxy) is 1. The van der Waals surface area contributed by atoms with Gasteiger partial charge in [0, 0.05) is 10.6 Å². The van der Waals surface area contributed by atoms with Crippen LogP contribution in [0.1, 0.15) is 5.56 Å². The van der Waals surface area contributed by atoms with Gasteiger partial charge in [0.2, 0.25) is 0 Å². The minimum absolute atomic E-state index is 0.186. The van der Waals surface area contributed by atoms with Crippen LogP contribution in [0.15, 0.2) is 36.4 Å². The Bertz CT molecular complexity index is 533. The van der Waals surface area contributed by atoms with Crippen LogP contribution in [0.2, 0.25) is 5.02 Å². The second-order valence-corrected chi connectivity index (χ2v) is 4.25. The van der Waals surface area contributed by atoms with E-state index in [2.05, 4.69) is 0 Å². The quantitative estimate of drug-likeness (QED) is 0.870. The molecule has 88 valence electrons. The molecular formula is C14H13ClO2. The fourth-order valence-corrected chi connectivity index (χ4v) is 1.83. The third-order valence-electron chi connectivity index (χ3n) is 2.68. The second kappa shape index (κ2) is 4.68. The topological polar surface area (TPSA) is 29.5 Å². The first-order valence-corrected chi connectivity index (χ1v) is 5.63. The van der Waals surface area contributed by atoms with Gasteiger partial charge in [-0.25, -0.2) is 0 Å². The number of methoxy groups -OCH3 is 1. The molecule has 0 aliphatic rings. The zero-order valence-electron chi connectivity index (χ0n) is 9.70. The van der Waals surface area contributed by atoms with E-state index in [1.54, 1.807) is 13.2 Å². The summed E-state index contributed by atoms with van der Waals surface area (Å²) in [6.07, 6.45) is 0. The van der Waals surface area contributed by atoms with Crippen LogP contribution in [0.25, 0.3) is 11.1 Å². The summed E-state index contributed by atoms with van der Waals surface area (Å²) in [6, 6.07) is 11.0. The van der Waals surface area contributed by atoms with Crippen LogP contribution in [-0.4, -0.2) is 12.2 Å². The molecule has 2 aromatic rings. The molecule has 0 spiro atoms. The number of rotatable bonds is 2. The lowest BCUT2D eigenvalue weighted by Gasteiger charge is -2.08. The van der Waals surface area contributed by atoms with Crippen molar-refractivity contribution >= 4 is 11.6 Å². The minimum Gasteiger partial charge on any atom is -0.507 e. The predicted molar refractivity (Wildman–Crippen MR) is 69.8 cm³/mol. The number of hydrogen-bond donors (Lipinski definition) is 1. The van der Waals surface area contributed by atoms with Gasteiger partial charge < -0.3 is 9.84 Å². The second-order valence-electron chi connectivity index (χ2n) is 3.85. The van der Waals surface area contributed by atoms with Crippen molar-refractivity contribution in [1.29, 1.82) is 0 Å². The fourth-order valence-electron chi connectivity index (χ4n) is 1.67. The van der Waals surface area contributed by atoms with Crippen LogP contribution in [0.4, 0.5) is 0 Å². The molecule has 2 aromatic carbocycles. The summed E-state index contributed by atoms with van der Waals surface area (Å²) >= 11 is 5.94. The Balaban J connectivity index is 2.48. The van der Waals surface area contributed by atoms with Gasteiger partial charge in [-0.15, -0.1) is 0 Å². The van der Waals surface area contributed by atoms with Crippen LogP contribution >= 0.6 is 11.6 Å². The van der Waals surface area contributed by atoms with Crippen molar-refractivity contribution < 1.29 is 9.84 Å². The molecule has 0 radical (unpaired) electrons. The maximum Gasteiger partial charge on any atom is 0.124 e. The zero-order valence-corrected chi connectivity index (χ0v) is 10.5. The van der Waals surface area contributed by atoms with E-state index in [4.69, 9.17) is 16.3 Å². The molecule has 0 heterocycles. The fraction of sp³-hybridized carbons (Fsp3) is 0.143. The summed E-state index contributed by atoms with van der Waals surface area (Å²) in [5.41, 5.74) is 2.65. The number of phenols is 1. The Hall–Kier alpha value is -1.67. The van der Waals surface area contributed by atoms with Crippen LogP contribution in [0.3, 0.4) is 0 Å². The molecule has 0 aliphatic carbocycles. The summed E-state index contributed by atoms with van der Waals surface area (Å²) in [6.45, 7) is 1.91. The molecule has 0 aromatic heterocycles. The summed E-state index contributed by atoms with van der Waals surface area (Å²) in [5.74, 6) is 0.977. The molecule has 0 saturated heterocycles. The van der Waals surface area contributed by atoms with Crippen LogP contribution in [0, 0.1) is 6.92 Å². The summed E-state index contributed by atoms with van der Waals surface area (Å²) < 4.78 is 5.09. The third kappa shape index (κ3) is 2.37. The Morgan fingerprint density at radius 1 is 1.12 bits per heavy atom. The molecule has 1 N–H and O–H groups in total. The lowest BCUT2D eigenvalue weighted by Crippen LogP contribution is -1.85. The molecule has 3 heteroatoms. The van der Waals surface area contributed by atoms with E-state index in [9.17, 15) is 5.11 Å². The maximum absolute atomic E-state index is 9.88. The van der Waals surface area contributed by atoms with Gasteiger partial charge in [0.1, 0.15) is 11.5 Å². The maximum atomic E-state index is 9.88. The van der Waals surface area contributed by atoms with Gasteiger partial charge in [-0.2, -0.15) is 0 Å². The number of benzene rings is 2. The number of halogens is 1. The number of phenolic OH excluding ortho intramolecular Hbond substituents is 1. The first kappa shape index (κ1) is 11.8. The van der Waals surface area contributed by atoms with E-state index in [1.807, 2.05) is 37.3 Å². The van der Waals surface area contributed by atoms with Gasteiger partial charge in [0.05, 0.1) is 7.11 Å². The predicted octanol–water partition coefficient (Wildman–Crippen LogP) is 4.03. The Morgan fingerprint density at radius 3 is 2.35 bits per heavy atom. The Kier molecular flexibility index (Phi) is 3.25. The summed E-state index contributed by atoms with van der Waals surface area (Å²) in [7, 11) is 1.62. The Labute approximate surface area is 105 Å². The lowest BCUT2D eigenvalue weighted by atomic mass is 10.0. The normalized spacial score (nSPS) is 10.3. The van der Waals surface area contributed by atoms with Gasteiger partial charge >= 0.3 is 0 Å². The number of aryl methyl sites for hydroxylation is 1. The van der Waals surface area contributed by atoms with Gasteiger partial charge in [0.15, 0.2) is 0 Å². The monoisotopic (exact) mass is 248 g/mol. The van der Waals surface area contributed by atoms with Crippen molar-refractivity contribution in [1.82, 2.24) is 0 Å². The molecule has 0 amide bonds. The highest BCUT2D eigenvalue weighted by atomic mass is 35.5. The minimum atomic E-state index is 0.186. The first-order valence-electron chi connectivity index (χ1n) is 5.25. The van der Waals surface area contributed by atoms with Crippen molar-refractivity contribution in [3.05, 3.63) is 47.0 Å². The molecule has 2 nitrogen and oxygen atoms in total. The van der Waals surface area contributed by atoms with E-state index in [0.717, 1.165) is 22.4 Å². The van der Waals surface area contributed by atoms with Gasteiger partial charge in [-0.05, 0) is 42.3 Å². The number of aromatic hydroxyl groups is 1. The highest BCUT2D eigenvalue weighted by Crippen LogP contribution is 2.34. The molecule has 2 rings (SSSR count). The molecule has 0 atom stereocenters. The molecule has 0 fully saturated rings. The molecule has 0 saturated carbocycles. The van der Waals surface area contributed by atoms with Crippen LogP contribution in [-0.2, 0) is 0 Å². The summed E-state index contributed by atoms with van der Waals surface area (Å²) in [4.78, 5) is 0. The molecule has 17 heavy (non-hydrogen) atoms. The van der Waals surface area contributed by atoms with Crippen molar-refractivity contribution in [3.8, 4) is 22.6 Å². The van der Waals surface area contributed by atoms with Crippen molar-refractivity contribution in [2.75, 3.05) is 7.11 Å². The van der Waals surface area contributed by atoms with Gasteiger partial charge in [-0.1, -0.05) is 23.7 Å². The van der Waals surface area contributed by atoms with Crippen molar-refractivity contribution in [3.63, 3.8) is 0 Å². The molecule has 0 unspecified atom stereocenters. The van der Waals surface area contributed by atoms with Crippen molar-refractivity contribution in [2.24, 2.45) is 0 Å². The van der Waals surface area contributed by atoms with Crippen LogP contribution < -0.4 is 4.74 Å². The summed E-state index contributed by atoms with van der Waals surface area (Å²) in [5, 5.41) is 10.4. The van der Waals surface area contributed by atoms with E-state index < -0.39 is 0 Å². The van der Waals surface area contributed by atoms with E-state index in [0.29, 0.717) is 5.02 Å². The Morgan fingerprint density at radius 2 is 1.76 bits per heavy atom. The molecule has 0 bridgehead atoms. The number of hydrogen-bond acceptors (Lipinski definition) is 2. The SMILES string of the molecule is COc1ccc(-c2cc(C)c(Cl)cc2O)cc1. The smallest absolute Gasteiger partial charge is 0.124 e. The standard InChI is InChI=1S/C14H13ClO2/c1-9-7-12(14(16)8-13(9)15)10-3-5-11(17-2)6-4-10/h3-8,16H,1-2H3. The van der Waals surface area contributed by atoms with Crippen molar-refractivity contribution in [2.45, 2.75) is 6.92 Å². The largest absolute Gasteiger partial charge is 0.507 e. The van der Waals surface area contributed by atoms with E-state index >= 15 is 0 Å². The highest BCUT2D eigenvalue weighted by Gasteiger charge is 2.07. The average Bonchev–Trinajstić information content (AvgIpc) is 2.34. The molecular weight excluding hydrogens is 236 g/mol. The zero-order chi connectivity index (χ0) is 12.4. The molecule has 0 aliphatic heterocycles. The van der Waals surface area contributed by atoms with E-state index in [1.165, 1.54) is 0 Å². The highest BCUT2D eigenvalue weighted by molar-refractivity contribution is 6.31. The van der Waals surface area contributed by atoms with Gasteiger partial charge in [-0.3, -0.25) is 0 Å². The third-order valence-corrected chi connectivity index (χ3v) is 3.09. The first-order chi connectivity index (χ1) is 8.11. The lowest BCUT2D eigenvalue weighted by molar-refractivity contribution is 0.415. The van der Waals surface area contributed by atoms with E-state index in [-0.39, 0.29) is 5.75 Å². The van der Waals surface area contributed by atoms with Crippen LogP contribution in [0.5, 0.6) is 11.5 Å². The van der Waals surface area contributed by atoms with Gasteiger partial charge in [0.25, 0.3) is 0 Å².